The first kappa shape index (κ1) is 19.4. The Hall–Kier alpha value is -2.34. The number of nitrogens with zero attached hydrogens (tertiary/aromatic N) is 2. The molecule has 1 heterocycles. The summed E-state index contributed by atoms with van der Waals surface area (Å²) in [5.74, 6) is -0.140. The minimum atomic E-state index is -3.60. The van der Waals surface area contributed by atoms with Crippen molar-refractivity contribution in [2.45, 2.75) is 39.3 Å². The van der Waals surface area contributed by atoms with Crippen LogP contribution in [-0.4, -0.2) is 38.1 Å². The first-order valence-electron chi connectivity index (χ1n) is 9.23. The summed E-state index contributed by atoms with van der Waals surface area (Å²) < 4.78 is 26.4. The molecule has 1 atom stereocenters. The van der Waals surface area contributed by atoms with Crippen LogP contribution < -0.4 is 4.31 Å². The van der Waals surface area contributed by atoms with Gasteiger partial charge in [0.2, 0.25) is 15.9 Å². The predicted octanol–water partition coefficient (Wildman–Crippen LogP) is 3.12. The number of amides is 1. The predicted molar refractivity (Wildman–Crippen MR) is 108 cm³/mol. The zero-order valence-electron chi connectivity index (χ0n) is 16.1. The second-order valence-corrected chi connectivity index (χ2v) is 8.96. The molecule has 0 saturated carbocycles. The number of carbonyl (C=O) groups excluding carboxylic acids is 1. The molecule has 2 aromatic carbocycles. The van der Waals surface area contributed by atoms with E-state index in [1.165, 1.54) is 9.87 Å². The molecule has 6 heteroatoms. The number of fused-ring (bicyclic) bond motifs is 1. The first-order valence-corrected chi connectivity index (χ1v) is 11.1. The summed E-state index contributed by atoms with van der Waals surface area (Å²) in [7, 11) is -3.60. The van der Waals surface area contributed by atoms with E-state index < -0.39 is 16.1 Å². The van der Waals surface area contributed by atoms with E-state index in [2.05, 4.69) is 6.07 Å². The van der Waals surface area contributed by atoms with Crippen molar-refractivity contribution >= 4 is 21.6 Å². The molecule has 0 spiro atoms. The third-order valence-electron chi connectivity index (χ3n) is 5.01. The zero-order chi connectivity index (χ0) is 19.6. The van der Waals surface area contributed by atoms with Gasteiger partial charge in [-0.25, -0.2) is 8.42 Å². The summed E-state index contributed by atoms with van der Waals surface area (Å²) in [4.78, 5) is 15.1. The lowest BCUT2D eigenvalue weighted by atomic mass is 9.99. The van der Waals surface area contributed by atoms with Crippen LogP contribution in [0.1, 0.15) is 30.0 Å². The second-order valence-electron chi connectivity index (χ2n) is 7.10. The Morgan fingerprint density at radius 1 is 1.15 bits per heavy atom. The molecule has 1 aliphatic heterocycles. The highest BCUT2D eigenvalue weighted by molar-refractivity contribution is 7.92. The molecule has 0 fully saturated rings. The summed E-state index contributed by atoms with van der Waals surface area (Å²) in [5.41, 5.74) is 3.88. The molecule has 27 heavy (non-hydrogen) atoms. The summed E-state index contributed by atoms with van der Waals surface area (Å²) >= 11 is 0. The van der Waals surface area contributed by atoms with Crippen molar-refractivity contribution < 1.29 is 13.2 Å². The van der Waals surface area contributed by atoms with E-state index in [0.29, 0.717) is 25.2 Å². The van der Waals surface area contributed by atoms with Gasteiger partial charge in [-0.1, -0.05) is 43.3 Å². The highest BCUT2D eigenvalue weighted by atomic mass is 32.2. The molecule has 1 aliphatic rings. The fraction of sp³-hybridized carbons (Fsp3) is 0.381. The Morgan fingerprint density at radius 3 is 2.48 bits per heavy atom. The maximum absolute atomic E-state index is 13.3. The van der Waals surface area contributed by atoms with Gasteiger partial charge in [0.25, 0.3) is 0 Å². The SMILES string of the molecule is CCC(C(=O)N1CCc2ccccc2C1)N(c1cccc(C)c1)S(C)(=O)=O. The van der Waals surface area contributed by atoms with Crippen molar-refractivity contribution in [2.24, 2.45) is 0 Å². The molecular weight excluding hydrogens is 360 g/mol. The van der Waals surface area contributed by atoms with Gasteiger partial charge in [0.15, 0.2) is 0 Å². The Labute approximate surface area is 161 Å². The lowest BCUT2D eigenvalue weighted by molar-refractivity contribution is -0.133. The number of aryl methyl sites for hydroxylation is 1. The van der Waals surface area contributed by atoms with Crippen LogP contribution in [0.4, 0.5) is 5.69 Å². The van der Waals surface area contributed by atoms with E-state index in [4.69, 9.17) is 0 Å². The summed E-state index contributed by atoms with van der Waals surface area (Å²) in [5, 5.41) is 0. The smallest absolute Gasteiger partial charge is 0.246 e. The molecule has 144 valence electrons. The fourth-order valence-electron chi connectivity index (χ4n) is 3.70. The van der Waals surface area contributed by atoms with Crippen molar-refractivity contribution in [3.05, 3.63) is 65.2 Å². The maximum atomic E-state index is 13.3. The number of benzene rings is 2. The fourth-order valence-corrected chi connectivity index (χ4v) is 4.90. The van der Waals surface area contributed by atoms with Crippen molar-refractivity contribution in [2.75, 3.05) is 17.1 Å². The van der Waals surface area contributed by atoms with Crippen LogP contribution in [-0.2, 0) is 27.8 Å². The molecule has 0 aromatic heterocycles. The van der Waals surface area contributed by atoms with Gasteiger partial charge in [0, 0.05) is 13.1 Å². The Bertz CT molecular complexity index is 940. The molecule has 2 aromatic rings. The number of hydrogen-bond acceptors (Lipinski definition) is 3. The lowest BCUT2D eigenvalue weighted by Crippen LogP contribution is -2.51. The summed E-state index contributed by atoms with van der Waals surface area (Å²) in [6, 6.07) is 14.6. The highest BCUT2D eigenvalue weighted by Gasteiger charge is 2.35. The summed E-state index contributed by atoms with van der Waals surface area (Å²) in [6.45, 7) is 4.90. The minimum absolute atomic E-state index is 0.140. The van der Waals surface area contributed by atoms with E-state index in [-0.39, 0.29) is 5.91 Å². The van der Waals surface area contributed by atoms with Gasteiger partial charge in [-0.3, -0.25) is 9.10 Å². The van der Waals surface area contributed by atoms with E-state index in [1.807, 2.05) is 50.2 Å². The van der Waals surface area contributed by atoms with Crippen LogP contribution in [0.3, 0.4) is 0 Å². The van der Waals surface area contributed by atoms with Gasteiger partial charge in [-0.2, -0.15) is 0 Å². The quantitative estimate of drug-likeness (QED) is 0.793. The van der Waals surface area contributed by atoms with E-state index in [0.717, 1.165) is 23.8 Å². The molecule has 0 saturated heterocycles. The number of sulfonamides is 1. The normalized spacial score (nSPS) is 15.1. The van der Waals surface area contributed by atoms with Crippen molar-refractivity contribution in [3.8, 4) is 0 Å². The average Bonchev–Trinajstić information content (AvgIpc) is 2.64. The largest absolute Gasteiger partial charge is 0.336 e. The molecule has 0 N–H and O–H groups in total. The van der Waals surface area contributed by atoms with Gasteiger partial charge >= 0.3 is 0 Å². The van der Waals surface area contributed by atoms with Gasteiger partial charge in [0.1, 0.15) is 6.04 Å². The molecule has 5 nitrogen and oxygen atoms in total. The number of rotatable bonds is 5. The maximum Gasteiger partial charge on any atom is 0.246 e. The van der Waals surface area contributed by atoms with Gasteiger partial charge in [0.05, 0.1) is 11.9 Å². The van der Waals surface area contributed by atoms with Crippen LogP contribution in [0.2, 0.25) is 0 Å². The van der Waals surface area contributed by atoms with Gasteiger partial charge in [-0.15, -0.1) is 0 Å². The molecule has 1 amide bonds. The van der Waals surface area contributed by atoms with Crippen LogP contribution in [0.25, 0.3) is 0 Å². The van der Waals surface area contributed by atoms with Crippen molar-refractivity contribution in [3.63, 3.8) is 0 Å². The van der Waals surface area contributed by atoms with E-state index >= 15 is 0 Å². The Morgan fingerprint density at radius 2 is 1.85 bits per heavy atom. The average molecular weight is 387 g/mol. The van der Waals surface area contributed by atoms with Gasteiger partial charge in [-0.05, 0) is 48.6 Å². The molecule has 0 aliphatic carbocycles. The second kappa shape index (κ2) is 7.72. The van der Waals surface area contributed by atoms with Gasteiger partial charge < -0.3 is 4.90 Å². The molecule has 1 unspecified atom stereocenters. The minimum Gasteiger partial charge on any atom is -0.336 e. The first-order chi connectivity index (χ1) is 12.8. The summed E-state index contributed by atoms with van der Waals surface area (Å²) in [6.07, 6.45) is 2.37. The van der Waals surface area contributed by atoms with Crippen LogP contribution >= 0.6 is 0 Å². The van der Waals surface area contributed by atoms with E-state index in [1.54, 1.807) is 11.0 Å². The van der Waals surface area contributed by atoms with Crippen LogP contribution in [0.15, 0.2) is 48.5 Å². The highest BCUT2D eigenvalue weighted by Crippen LogP contribution is 2.26. The lowest BCUT2D eigenvalue weighted by Gasteiger charge is -2.36. The molecule has 0 bridgehead atoms. The monoisotopic (exact) mass is 386 g/mol. The number of hydrogen-bond donors (Lipinski definition) is 0. The number of anilines is 1. The van der Waals surface area contributed by atoms with Crippen molar-refractivity contribution in [1.29, 1.82) is 0 Å². The topological polar surface area (TPSA) is 57.7 Å². The van der Waals surface area contributed by atoms with Crippen LogP contribution in [0, 0.1) is 6.92 Å². The standard InChI is InChI=1S/C21H26N2O3S/c1-4-20(23(27(3,25)26)19-11-7-8-16(2)14-19)21(24)22-13-12-17-9-5-6-10-18(17)15-22/h5-11,14,20H,4,12-13,15H2,1-3H3. The van der Waals surface area contributed by atoms with Crippen LogP contribution in [0.5, 0.6) is 0 Å². The molecule has 3 rings (SSSR count). The molecule has 0 radical (unpaired) electrons. The third-order valence-corrected chi connectivity index (χ3v) is 6.19. The third kappa shape index (κ3) is 4.16. The zero-order valence-corrected chi connectivity index (χ0v) is 16.9. The van der Waals surface area contributed by atoms with Crippen molar-refractivity contribution in [1.82, 2.24) is 4.90 Å². The number of carbonyl (C=O) groups is 1. The molecular formula is C21H26N2O3S. The van der Waals surface area contributed by atoms with E-state index in [9.17, 15) is 13.2 Å². The Kier molecular flexibility index (Phi) is 5.56. The Balaban J connectivity index is 1.93.